The van der Waals surface area contributed by atoms with Crippen molar-refractivity contribution < 1.29 is 4.79 Å². The van der Waals surface area contributed by atoms with Gasteiger partial charge in [0.2, 0.25) is 0 Å². The number of hydrogen-bond donors (Lipinski definition) is 1. The maximum absolute atomic E-state index is 11.1. The van der Waals surface area contributed by atoms with E-state index in [1.54, 1.807) is 18.5 Å². The predicted molar refractivity (Wildman–Crippen MR) is 70.1 cm³/mol. The molecule has 18 heavy (non-hydrogen) atoms. The molecule has 0 aromatic carbocycles. The lowest BCUT2D eigenvalue weighted by molar-refractivity contribution is 0.0995. The van der Waals surface area contributed by atoms with E-state index in [1.807, 2.05) is 18.2 Å². The lowest BCUT2D eigenvalue weighted by atomic mass is 9.98. The molecular formula is C14H15N3O. The molecule has 0 unspecified atom stereocenters. The Balaban J connectivity index is 2.55. The van der Waals surface area contributed by atoms with Crippen molar-refractivity contribution in [3.63, 3.8) is 0 Å². The Morgan fingerprint density at radius 2 is 2.00 bits per heavy atom. The van der Waals surface area contributed by atoms with E-state index in [0.717, 1.165) is 16.8 Å². The van der Waals surface area contributed by atoms with Crippen LogP contribution in [0.3, 0.4) is 0 Å². The number of carbonyl (C=O) groups excluding carboxylic acids is 1. The molecule has 1 amide bonds. The molecular weight excluding hydrogens is 226 g/mol. The quantitative estimate of drug-likeness (QED) is 0.896. The lowest BCUT2D eigenvalue weighted by Crippen LogP contribution is -2.12. The van der Waals surface area contributed by atoms with Crippen molar-refractivity contribution >= 4 is 5.91 Å². The first-order chi connectivity index (χ1) is 8.59. The normalized spacial score (nSPS) is 10.6. The summed E-state index contributed by atoms with van der Waals surface area (Å²) in [4.78, 5) is 19.5. The second-order valence-corrected chi connectivity index (χ2v) is 4.38. The summed E-state index contributed by atoms with van der Waals surface area (Å²) in [6.07, 6.45) is 3.36. The molecule has 0 radical (unpaired) electrons. The van der Waals surface area contributed by atoms with Crippen LogP contribution in [-0.2, 0) is 0 Å². The van der Waals surface area contributed by atoms with Gasteiger partial charge in [-0.15, -0.1) is 0 Å². The zero-order valence-electron chi connectivity index (χ0n) is 10.4. The molecule has 0 saturated heterocycles. The van der Waals surface area contributed by atoms with Crippen molar-refractivity contribution in [2.75, 3.05) is 0 Å². The highest BCUT2D eigenvalue weighted by Gasteiger charge is 2.11. The number of rotatable bonds is 3. The summed E-state index contributed by atoms with van der Waals surface area (Å²) in [7, 11) is 0. The van der Waals surface area contributed by atoms with Crippen LogP contribution in [0, 0.1) is 0 Å². The zero-order valence-corrected chi connectivity index (χ0v) is 10.4. The predicted octanol–water partition coefficient (Wildman–Crippen LogP) is 2.37. The minimum atomic E-state index is -0.521. The van der Waals surface area contributed by atoms with E-state index in [1.165, 1.54) is 0 Å². The fourth-order valence-electron chi connectivity index (χ4n) is 1.85. The highest BCUT2D eigenvalue weighted by molar-refractivity contribution is 5.92. The Morgan fingerprint density at radius 1 is 1.22 bits per heavy atom. The SMILES string of the molecule is CC(C)c1ncccc1-c1ccnc(C(N)=O)c1. The van der Waals surface area contributed by atoms with Crippen LogP contribution in [-0.4, -0.2) is 15.9 Å². The van der Waals surface area contributed by atoms with Gasteiger partial charge in [-0.3, -0.25) is 14.8 Å². The summed E-state index contributed by atoms with van der Waals surface area (Å²) in [6, 6.07) is 7.43. The summed E-state index contributed by atoms with van der Waals surface area (Å²) in [5.41, 5.74) is 8.43. The fourth-order valence-corrected chi connectivity index (χ4v) is 1.85. The molecule has 0 bridgehead atoms. The molecule has 2 aromatic heterocycles. The third-order valence-corrected chi connectivity index (χ3v) is 2.71. The number of primary amides is 1. The standard InChI is InChI=1S/C14H15N3O/c1-9(2)13-11(4-3-6-17-13)10-5-7-16-12(8-10)14(15)18/h3-9H,1-2H3,(H2,15,18). The number of nitrogens with zero attached hydrogens (tertiary/aromatic N) is 2. The largest absolute Gasteiger partial charge is 0.364 e. The van der Waals surface area contributed by atoms with Crippen molar-refractivity contribution in [1.82, 2.24) is 9.97 Å². The molecule has 4 nitrogen and oxygen atoms in total. The van der Waals surface area contributed by atoms with Crippen LogP contribution in [0.4, 0.5) is 0 Å². The molecule has 2 heterocycles. The van der Waals surface area contributed by atoms with E-state index in [2.05, 4.69) is 23.8 Å². The van der Waals surface area contributed by atoms with Gasteiger partial charge in [-0.25, -0.2) is 0 Å². The molecule has 0 aliphatic rings. The number of pyridine rings is 2. The highest BCUT2D eigenvalue weighted by Crippen LogP contribution is 2.27. The van der Waals surface area contributed by atoms with E-state index < -0.39 is 5.91 Å². The first-order valence-electron chi connectivity index (χ1n) is 5.80. The molecule has 4 heteroatoms. The van der Waals surface area contributed by atoms with Crippen LogP contribution < -0.4 is 5.73 Å². The molecule has 0 spiro atoms. The van der Waals surface area contributed by atoms with Crippen molar-refractivity contribution in [3.05, 3.63) is 48.0 Å². The van der Waals surface area contributed by atoms with Crippen molar-refractivity contribution in [1.29, 1.82) is 0 Å². The van der Waals surface area contributed by atoms with Crippen LogP contribution in [0.25, 0.3) is 11.1 Å². The maximum atomic E-state index is 11.1. The summed E-state index contributed by atoms with van der Waals surface area (Å²) >= 11 is 0. The van der Waals surface area contributed by atoms with Crippen molar-refractivity contribution in [3.8, 4) is 11.1 Å². The van der Waals surface area contributed by atoms with Crippen molar-refractivity contribution in [2.24, 2.45) is 5.73 Å². The number of hydrogen-bond acceptors (Lipinski definition) is 3. The summed E-state index contributed by atoms with van der Waals surface area (Å²) in [5, 5.41) is 0. The number of carbonyl (C=O) groups is 1. The van der Waals surface area contributed by atoms with Gasteiger partial charge in [0.25, 0.3) is 5.91 Å². The van der Waals surface area contributed by atoms with Gasteiger partial charge in [-0.1, -0.05) is 19.9 Å². The van der Waals surface area contributed by atoms with E-state index in [4.69, 9.17) is 5.73 Å². The summed E-state index contributed by atoms with van der Waals surface area (Å²) in [6.45, 7) is 4.17. The number of amides is 1. The number of aromatic nitrogens is 2. The van der Waals surface area contributed by atoms with Crippen LogP contribution >= 0.6 is 0 Å². The monoisotopic (exact) mass is 241 g/mol. The first kappa shape index (κ1) is 12.2. The van der Waals surface area contributed by atoms with Crippen LogP contribution in [0.1, 0.15) is 35.9 Å². The molecule has 92 valence electrons. The van der Waals surface area contributed by atoms with Gasteiger partial charge in [0.1, 0.15) is 5.69 Å². The third-order valence-electron chi connectivity index (χ3n) is 2.71. The third kappa shape index (κ3) is 2.37. The minimum absolute atomic E-state index is 0.269. The molecule has 0 fully saturated rings. The highest BCUT2D eigenvalue weighted by atomic mass is 16.1. The smallest absolute Gasteiger partial charge is 0.267 e. The summed E-state index contributed by atoms with van der Waals surface area (Å²) < 4.78 is 0. The topological polar surface area (TPSA) is 68.9 Å². The second-order valence-electron chi connectivity index (χ2n) is 4.38. The van der Waals surface area contributed by atoms with E-state index in [-0.39, 0.29) is 5.69 Å². The van der Waals surface area contributed by atoms with Crippen LogP contribution in [0.15, 0.2) is 36.7 Å². The van der Waals surface area contributed by atoms with Gasteiger partial charge >= 0.3 is 0 Å². The van der Waals surface area contributed by atoms with Gasteiger partial charge in [0.15, 0.2) is 0 Å². The first-order valence-corrected chi connectivity index (χ1v) is 5.80. The van der Waals surface area contributed by atoms with Gasteiger partial charge in [-0.05, 0) is 29.7 Å². The summed E-state index contributed by atoms with van der Waals surface area (Å²) in [5.74, 6) is -0.210. The van der Waals surface area contributed by atoms with Gasteiger partial charge in [0, 0.05) is 18.0 Å². The fraction of sp³-hybridized carbons (Fsp3) is 0.214. The van der Waals surface area contributed by atoms with Crippen LogP contribution in [0.2, 0.25) is 0 Å². The van der Waals surface area contributed by atoms with E-state index in [0.29, 0.717) is 5.92 Å². The van der Waals surface area contributed by atoms with Crippen LogP contribution in [0.5, 0.6) is 0 Å². The Kier molecular flexibility index (Phi) is 3.37. The average molecular weight is 241 g/mol. The molecule has 0 saturated carbocycles. The zero-order chi connectivity index (χ0) is 13.1. The molecule has 2 N–H and O–H groups in total. The van der Waals surface area contributed by atoms with Gasteiger partial charge in [0.05, 0.1) is 5.69 Å². The lowest BCUT2D eigenvalue weighted by Gasteiger charge is -2.11. The van der Waals surface area contributed by atoms with Gasteiger partial charge in [-0.2, -0.15) is 0 Å². The minimum Gasteiger partial charge on any atom is -0.364 e. The Bertz CT molecular complexity index is 579. The molecule has 0 aliphatic heterocycles. The van der Waals surface area contributed by atoms with Crippen molar-refractivity contribution in [2.45, 2.75) is 19.8 Å². The number of nitrogens with two attached hydrogens (primary N) is 1. The Morgan fingerprint density at radius 3 is 2.67 bits per heavy atom. The Labute approximate surface area is 106 Å². The Hall–Kier alpha value is -2.23. The molecule has 0 aliphatic carbocycles. The second kappa shape index (κ2) is 4.96. The average Bonchev–Trinajstić information content (AvgIpc) is 2.39. The van der Waals surface area contributed by atoms with Gasteiger partial charge < -0.3 is 5.73 Å². The molecule has 2 aromatic rings. The molecule has 2 rings (SSSR count). The van der Waals surface area contributed by atoms with E-state index >= 15 is 0 Å². The van der Waals surface area contributed by atoms with E-state index in [9.17, 15) is 4.79 Å². The maximum Gasteiger partial charge on any atom is 0.267 e. The molecule has 0 atom stereocenters.